The maximum atomic E-state index is 13.3. The molecular weight excluding hydrogens is 499 g/mol. The van der Waals surface area contributed by atoms with Crippen LogP contribution in [0.4, 0.5) is 17.3 Å². The van der Waals surface area contributed by atoms with Gasteiger partial charge in [-0.1, -0.05) is 29.3 Å². The normalized spacial score (nSPS) is 17.4. The molecule has 2 aliphatic rings. The molecule has 1 saturated heterocycles. The monoisotopic (exact) mass is 522 g/mol. The van der Waals surface area contributed by atoms with Crippen molar-refractivity contribution in [3.05, 3.63) is 69.1 Å². The molecule has 10 heteroatoms. The van der Waals surface area contributed by atoms with Crippen LogP contribution in [0.2, 0.25) is 10.0 Å². The Morgan fingerprint density at radius 2 is 1.92 bits per heavy atom. The van der Waals surface area contributed by atoms with Crippen molar-refractivity contribution in [1.29, 1.82) is 0 Å². The van der Waals surface area contributed by atoms with Gasteiger partial charge in [0.2, 0.25) is 11.4 Å². The molecule has 6 rings (SSSR count). The van der Waals surface area contributed by atoms with E-state index in [0.29, 0.717) is 50.8 Å². The van der Waals surface area contributed by atoms with Gasteiger partial charge in [0.1, 0.15) is 18.0 Å². The molecule has 2 aromatic heterocycles. The molecule has 1 unspecified atom stereocenters. The van der Waals surface area contributed by atoms with Crippen LogP contribution < -0.4 is 20.4 Å². The minimum atomic E-state index is -0.225. The van der Waals surface area contributed by atoms with Crippen LogP contribution in [-0.2, 0) is 7.05 Å². The molecule has 2 aliphatic heterocycles. The van der Waals surface area contributed by atoms with Crippen LogP contribution in [0.15, 0.2) is 53.6 Å². The summed E-state index contributed by atoms with van der Waals surface area (Å²) in [4.78, 5) is 27.1. The number of halogens is 2. The summed E-state index contributed by atoms with van der Waals surface area (Å²) in [6.45, 7) is 3.62. The summed E-state index contributed by atoms with van der Waals surface area (Å²) in [5.74, 6) is 1.28. The van der Waals surface area contributed by atoms with Gasteiger partial charge in [0.05, 0.1) is 27.2 Å². The molecule has 4 aromatic rings. The number of likely N-dealkylation sites (N-methyl/N-ethyl adjacent to an activating group) is 1. The number of hydrogen-bond donors (Lipinski definition) is 1. The summed E-state index contributed by atoms with van der Waals surface area (Å²) in [5.41, 5.74) is 3.10. The molecule has 184 valence electrons. The largest absolute Gasteiger partial charge is 0.489 e. The Morgan fingerprint density at radius 1 is 1.11 bits per heavy atom. The SMILES string of the molecule is CN1CCN2c3cc(Nc4ncc5c(=O)c(-c6c(Cl)cccc6Cl)cn(C)c5n4)ccc3OCC2C1. The van der Waals surface area contributed by atoms with E-state index in [2.05, 4.69) is 38.2 Å². The first-order valence-corrected chi connectivity index (χ1v) is 12.4. The van der Waals surface area contributed by atoms with Gasteiger partial charge in [0.15, 0.2) is 0 Å². The molecular formula is C26H24Cl2N6O2. The van der Waals surface area contributed by atoms with Crippen LogP contribution in [0.5, 0.6) is 5.75 Å². The lowest BCUT2D eigenvalue weighted by molar-refractivity contribution is 0.188. The Morgan fingerprint density at radius 3 is 2.72 bits per heavy atom. The fourth-order valence-electron chi connectivity index (χ4n) is 4.98. The molecule has 1 N–H and O–H groups in total. The Bertz CT molecular complexity index is 1540. The smallest absolute Gasteiger partial charge is 0.229 e. The fourth-order valence-corrected chi connectivity index (χ4v) is 5.58. The lowest BCUT2D eigenvalue weighted by Crippen LogP contribution is -2.56. The molecule has 0 saturated carbocycles. The summed E-state index contributed by atoms with van der Waals surface area (Å²) in [6, 6.07) is 11.5. The number of fused-ring (bicyclic) bond motifs is 4. The number of aryl methyl sites for hydroxylation is 1. The highest BCUT2D eigenvalue weighted by Crippen LogP contribution is 2.38. The van der Waals surface area contributed by atoms with Crippen molar-refractivity contribution in [3.63, 3.8) is 0 Å². The third-order valence-electron chi connectivity index (χ3n) is 6.79. The van der Waals surface area contributed by atoms with E-state index in [9.17, 15) is 4.79 Å². The zero-order chi connectivity index (χ0) is 25.0. The second-order valence-corrected chi connectivity index (χ2v) is 10.1. The summed E-state index contributed by atoms with van der Waals surface area (Å²) in [5, 5.41) is 4.50. The number of nitrogens with one attached hydrogen (secondary N) is 1. The average Bonchev–Trinajstić information content (AvgIpc) is 2.86. The minimum Gasteiger partial charge on any atom is -0.489 e. The Labute approximate surface area is 218 Å². The lowest BCUT2D eigenvalue weighted by atomic mass is 10.1. The number of benzene rings is 2. The first-order chi connectivity index (χ1) is 17.4. The molecule has 2 aromatic carbocycles. The molecule has 36 heavy (non-hydrogen) atoms. The first-order valence-electron chi connectivity index (χ1n) is 11.7. The molecule has 1 atom stereocenters. The highest BCUT2D eigenvalue weighted by atomic mass is 35.5. The summed E-state index contributed by atoms with van der Waals surface area (Å²) < 4.78 is 7.80. The van der Waals surface area contributed by atoms with E-state index in [1.807, 2.05) is 19.2 Å². The second-order valence-electron chi connectivity index (χ2n) is 9.24. The Balaban J connectivity index is 1.34. The molecule has 0 spiro atoms. The van der Waals surface area contributed by atoms with Crippen molar-refractivity contribution in [3.8, 4) is 16.9 Å². The highest BCUT2D eigenvalue weighted by molar-refractivity contribution is 6.39. The van der Waals surface area contributed by atoms with Gasteiger partial charge in [-0.05, 0) is 37.4 Å². The Hall–Kier alpha value is -3.33. The van der Waals surface area contributed by atoms with Gasteiger partial charge in [-0.25, -0.2) is 4.98 Å². The van der Waals surface area contributed by atoms with E-state index in [1.54, 1.807) is 35.2 Å². The number of rotatable bonds is 3. The number of anilines is 3. The second kappa shape index (κ2) is 8.96. The minimum absolute atomic E-state index is 0.225. The Kier molecular flexibility index (Phi) is 5.75. The molecule has 8 nitrogen and oxygen atoms in total. The van der Waals surface area contributed by atoms with Crippen LogP contribution >= 0.6 is 23.2 Å². The average molecular weight is 523 g/mol. The van der Waals surface area contributed by atoms with Crippen LogP contribution in [0.3, 0.4) is 0 Å². The third-order valence-corrected chi connectivity index (χ3v) is 7.42. The van der Waals surface area contributed by atoms with E-state index in [1.165, 1.54) is 0 Å². The zero-order valence-electron chi connectivity index (χ0n) is 19.8. The number of hydrogen-bond acceptors (Lipinski definition) is 7. The molecule has 0 radical (unpaired) electrons. The van der Waals surface area contributed by atoms with E-state index >= 15 is 0 Å². The van der Waals surface area contributed by atoms with Crippen LogP contribution in [0.1, 0.15) is 0 Å². The molecule has 0 amide bonds. The quantitative estimate of drug-likeness (QED) is 0.422. The molecule has 1 fully saturated rings. The van der Waals surface area contributed by atoms with E-state index in [4.69, 9.17) is 27.9 Å². The van der Waals surface area contributed by atoms with Crippen molar-refractivity contribution in [1.82, 2.24) is 19.4 Å². The fraction of sp³-hybridized carbons (Fsp3) is 0.269. The van der Waals surface area contributed by atoms with Gasteiger partial charge in [0.25, 0.3) is 0 Å². The molecule has 0 bridgehead atoms. The zero-order valence-corrected chi connectivity index (χ0v) is 21.3. The maximum Gasteiger partial charge on any atom is 0.229 e. The van der Waals surface area contributed by atoms with Crippen molar-refractivity contribution < 1.29 is 4.74 Å². The number of piperazine rings is 1. The van der Waals surface area contributed by atoms with E-state index < -0.39 is 0 Å². The van der Waals surface area contributed by atoms with Crippen LogP contribution in [0.25, 0.3) is 22.2 Å². The standard InChI is InChI=1S/C26H24Cl2N6O2/c1-32-8-9-34-16(12-32)14-36-22-7-6-15(10-21(22)34)30-26-29-11-17-24(35)18(13-33(2)25(17)31-26)23-19(27)4-3-5-20(23)28/h3-7,10-11,13,16H,8-9,12,14H2,1-2H3,(H,29,30,31). The van der Waals surface area contributed by atoms with Gasteiger partial charge in [-0.2, -0.15) is 4.98 Å². The van der Waals surface area contributed by atoms with Crippen LogP contribution in [0, 0.1) is 0 Å². The van der Waals surface area contributed by atoms with E-state index in [-0.39, 0.29) is 5.43 Å². The maximum absolute atomic E-state index is 13.3. The van der Waals surface area contributed by atoms with Crippen LogP contribution in [-0.4, -0.2) is 58.8 Å². The predicted molar refractivity (Wildman–Crippen MR) is 144 cm³/mol. The number of pyridine rings is 1. The van der Waals surface area contributed by atoms with Crippen molar-refractivity contribution >= 4 is 51.6 Å². The predicted octanol–water partition coefficient (Wildman–Crippen LogP) is 4.56. The molecule has 4 heterocycles. The number of ether oxygens (including phenoxy) is 1. The lowest BCUT2D eigenvalue weighted by Gasteiger charge is -2.44. The topological polar surface area (TPSA) is 75.5 Å². The summed E-state index contributed by atoms with van der Waals surface area (Å²) >= 11 is 12.7. The van der Waals surface area contributed by atoms with Gasteiger partial charge >= 0.3 is 0 Å². The highest BCUT2D eigenvalue weighted by Gasteiger charge is 2.31. The van der Waals surface area contributed by atoms with Gasteiger partial charge in [-0.15, -0.1) is 0 Å². The number of nitrogens with zero attached hydrogens (tertiary/aromatic N) is 5. The van der Waals surface area contributed by atoms with E-state index in [0.717, 1.165) is 36.8 Å². The number of aromatic nitrogens is 3. The summed E-state index contributed by atoms with van der Waals surface area (Å²) in [6.07, 6.45) is 3.25. The van der Waals surface area contributed by atoms with Crippen molar-refractivity contribution in [2.24, 2.45) is 7.05 Å². The molecule has 0 aliphatic carbocycles. The van der Waals surface area contributed by atoms with Crippen molar-refractivity contribution in [2.45, 2.75) is 6.04 Å². The van der Waals surface area contributed by atoms with Gasteiger partial charge in [-0.3, -0.25) is 4.79 Å². The summed E-state index contributed by atoms with van der Waals surface area (Å²) in [7, 11) is 3.97. The van der Waals surface area contributed by atoms with Crippen molar-refractivity contribution in [2.75, 3.05) is 43.5 Å². The third kappa shape index (κ3) is 3.95. The van der Waals surface area contributed by atoms with Gasteiger partial charge in [0, 0.05) is 55.9 Å². The van der Waals surface area contributed by atoms with Gasteiger partial charge < -0.3 is 24.4 Å². The first kappa shape index (κ1) is 23.1.